The Kier molecular flexibility index (Phi) is 4.63. The summed E-state index contributed by atoms with van der Waals surface area (Å²) in [6.07, 6.45) is 4.98. The van der Waals surface area contributed by atoms with Crippen molar-refractivity contribution >= 4 is 17.0 Å². The standard InChI is InChI=1S/C8H9N3.C7H7NO2/c9-5-6-1-3-10-8-7(6)2-4-11-8;1-5-2-3-6(4-8-5)7(9)10/h1-4H,5,9H2,(H,10,11);2-4H,1H3,(H,9,10). The highest BCUT2D eigenvalue weighted by molar-refractivity contribution is 5.87. The molecule has 0 atom stereocenters. The number of rotatable bonds is 2. The van der Waals surface area contributed by atoms with E-state index < -0.39 is 5.97 Å². The molecule has 0 aliphatic carbocycles. The van der Waals surface area contributed by atoms with Crippen LogP contribution >= 0.6 is 0 Å². The molecule has 4 N–H and O–H groups in total. The molecule has 3 heterocycles. The van der Waals surface area contributed by atoms with Crippen molar-refractivity contribution in [3.8, 4) is 0 Å². The lowest BCUT2D eigenvalue weighted by atomic mass is 10.2. The molecule has 21 heavy (non-hydrogen) atoms. The molecular formula is C15H16N4O2. The van der Waals surface area contributed by atoms with Gasteiger partial charge in [-0.3, -0.25) is 4.98 Å². The maximum atomic E-state index is 10.3. The number of carboxylic acid groups (broad SMARTS) is 1. The minimum absolute atomic E-state index is 0.227. The third-order valence-electron chi connectivity index (χ3n) is 2.93. The van der Waals surface area contributed by atoms with E-state index in [1.807, 2.05) is 25.3 Å². The van der Waals surface area contributed by atoms with Crippen LogP contribution in [-0.2, 0) is 6.54 Å². The molecule has 6 nitrogen and oxygen atoms in total. The molecule has 6 heteroatoms. The summed E-state index contributed by atoms with van der Waals surface area (Å²) < 4.78 is 0. The molecule has 0 amide bonds. The van der Waals surface area contributed by atoms with E-state index in [0.717, 1.165) is 22.3 Å². The number of hydrogen-bond donors (Lipinski definition) is 3. The van der Waals surface area contributed by atoms with Crippen molar-refractivity contribution in [3.63, 3.8) is 0 Å². The number of aromatic amines is 1. The number of nitrogens with zero attached hydrogens (tertiary/aromatic N) is 2. The molecule has 0 aromatic carbocycles. The van der Waals surface area contributed by atoms with Crippen molar-refractivity contribution in [3.05, 3.63) is 59.7 Å². The van der Waals surface area contributed by atoms with Crippen LogP contribution in [0.4, 0.5) is 0 Å². The average Bonchev–Trinajstić information content (AvgIpc) is 2.96. The number of hydrogen-bond acceptors (Lipinski definition) is 4. The Labute approximate surface area is 121 Å². The van der Waals surface area contributed by atoms with E-state index in [-0.39, 0.29) is 5.56 Å². The molecule has 0 saturated heterocycles. The van der Waals surface area contributed by atoms with Crippen LogP contribution in [0.15, 0.2) is 42.9 Å². The largest absolute Gasteiger partial charge is 0.478 e. The molecule has 0 spiro atoms. The molecule has 3 aromatic rings. The normalized spacial score (nSPS) is 10.0. The van der Waals surface area contributed by atoms with Crippen molar-refractivity contribution in [2.45, 2.75) is 13.5 Å². The van der Waals surface area contributed by atoms with Crippen LogP contribution in [0.3, 0.4) is 0 Å². The number of H-pyrrole nitrogens is 1. The maximum Gasteiger partial charge on any atom is 0.337 e. The van der Waals surface area contributed by atoms with Gasteiger partial charge in [0.2, 0.25) is 0 Å². The van der Waals surface area contributed by atoms with Crippen LogP contribution in [0, 0.1) is 6.92 Å². The predicted octanol–water partition coefficient (Wildman–Crippen LogP) is 2.11. The van der Waals surface area contributed by atoms with E-state index in [9.17, 15) is 4.79 Å². The quantitative estimate of drug-likeness (QED) is 0.668. The van der Waals surface area contributed by atoms with Gasteiger partial charge in [-0.2, -0.15) is 0 Å². The molecule has 3 aromatic heterocycles. The lowest BCUT2D eigenvalue weighted by Gasteiger charge is -1.96. The number of nitrogens with one attached hydrogen (secondary N) is 1. The predicted molar refractivity (Wildman–Crippen MR) is 79.9 cm³/mol. The number of nitrogens with two attached hydrogens (primary N) is 1. The topological polar surface area (TPSA) is 105 Å². The van der Waals surface area contributed by atoms with Gasteiger partial charge in [0.15, 0.2) is 0 Å². The van der Waals surface area contributed by atoms with Crippen LogP contribution in [-0.4, -0.2) is 26.0 Å². The smallest absolute Gasteiger partial charge is 0.337 e. The zero-order valence-corrected chi connectivity index (χ0v) is 11.6. The number of carboxylic acids is 1. The number of carbonyl (C=O) groups is 1. The molecule has 0 aliphatic rings. The number of aryl methyl sites for hydroxylation is 1. The monoisotopic (exact) mass is 284 g/mol. The second-order valence-electron chi connectivity index (χ2n) is 4.41. The summed E-state index contributed by atoms with van der Waals surface area (Å²) in [6.45, 7) is 2.38. The van der Waals surface area contributed by atoms with Gasteiger partial charge in [-0.25, -0.2) is 9.78 Å². The summed E-state index contributed by atoms with van der Waals surface area (Å²) in [5.74, 6) is -0.937. The Morgan fingerprint density at radius 3 is 2.71 bits per heavy atom. The summed E-state index contributed by atoms with van der Waals surface area (Å²) in [6, 6.07) is 7.13. The molecular weight excluding hydrogens is 268 g/mol. The van der Waals surface area contributed by atoms with Gasteiger partial charge >= 0.3 is 5.97 Å². The zero-order chi connectivity index (χ0) is 15.2. The van der Waals surface area contributed by atoms with E-state index in [4.69, 9.17) is 10.8 Å². The Hall–Kier alpha value is -2.73. The Morgan fingerprint density at radius 2 is 2.10 bits per heavy atom. The van der Waals surface area contributed by atoms with Gasteiger partial charge in [-0.1, -0.05) is 0 Å². The molecule has 0 bridgehead atoms. The van der Waals surface area contributed by atoms with E-state index in [0.29, 0.717) is 6.54 Å². The number of aromatic carboxylic acids is 1. The molecule has 108 valence electrons. The summed E-state index contributed by atoms with van der Waals surface area (Å²) in [5.41, 5.74) is 8.63. The Morgan fingerprint density at radius 1 is 1.29 bits per heavy atom. The van der Waals surface area contributed by atoms with Gasteiger partial charge in [0.1, 0.15) is 5.65 Å². The highest BCUT2D eigenvalue weighted by Gasteiger charge is 2.00. The lowest BCUT2D eigenvalue weighted by Crippen LogP contribution is -1.96. The third kappa shape index (κ3) is 3.64. The Bertz CT molecular complexity index is 735. The minimum Gasteiger partial charge on any atom is -0.478 e. The molecule has 0 radical (unpaired) electrons. The highest BCUT2D eigenvalue weighted by atomic mass is 16.4. The number of pyridine rings is 2. The van der Waals surface area contributed by atoms with Gasteiger partial charge < -0.3 is 15.8 Å². The number of aromatic nitrogens is 3. The van der Waals surface area contributed by atoms with Crippen molar-refractivity contribution in [1.29, 1.82) is 0 Å². The maximum absolute atomic E-state index is 10.3. The van der Waals surface area contributed by atoms with Crippen molar-refractivity contribution < 1.29 is 9.90 Å². The summed E-state index contributed by atoms with van der Waals surface area (Å²) in [4.78, 5) is 21.3. The first kappa shape index (κ1) is 14.7. The van der Waals surface area contributed by atoms with Crippen molar-refractivity contribution in [2.75, 3.05) is 0 Å². The zero-order valence-electron chi connectivity index (χ0n) is 11.6. The van der Waals surface area contributed by atoms with E-state index in [2.05, 4.69) is 15.0 Å². The van der Waals surface area contributed by atoms with Crippen molar-refractivity contribution in [2.24, 2.45) is 5.73 Å². The number of fused-ring (bicyclic) bond motifs is 1. The lowest BCUT2D eigenvalue weighted by molar-refractivity contribution is 0.0696. The van der Waals surface area contributed by atoms with Crippen molar-refractivity contribution in [1.82, 2.24) is 15.0 Å². The van der Waals surface area contributed by atoms with Gasteiger partial charge in [0.05, 0.1) is 5.56 Å². The van der Waals surface area contributed by atoms with E-state index in [1.165, 1.54) is 12.3 Å². The fraction of sp³-hybridized carbons (Fsp3) is 0.133. The van der Waals surface area contributed by atoms with E-state index in [1.54, 1.807) is 12.3 Å². The molecule has 0 aliphatic heterocycles. The Balaban J connectivity index is 0.000000155. The molecule has 0 saturated carbocycles. The van der Waals surface area contributed by atoms with Gasteiger partial charge in [-0.15, -0.1) is 0 Å². The summed E-state index contributed by atoms with van der Waals surface area (Å²) in [7, 11) is 0. The first-order chi connectivity index (χ1) is 10.1. The first-order valence-electron chi connectivity index (χ1n) is 6.39. The fourth-order valence-corrected chi connectivity index (χ4v) is 1.79. The second kappa shape index (κ2) is 6.62. The fourth-order valence-electron chi connectivity index (χ4n) is 1.79. The molecule has 0 fully saturated rings. The average molecular weight is 284 g/mol. The van der Waals surface area contributed by atoms with Crippen LogP contribution in [0.1, 0.15) is 21.6 Å². The van der Waals surface area contributed by atoms with Gasteiger partial charge in [0, 0.05) is 36.2 Å². The highest BCUT2D eigenvalue weighted by Crippen LogP contribution is 2.13. The SMILES string of the molecule is Cc1ccc(C(=O)O)cn1.NCc1ccnc2[nH]ccc12. The summed E-state index contributed by atoms with van der Waals surface area (Å²) in [5, 5.41) is 9.56. The third-order valence-corrected chi connectivity index (χ3v) is 2.93. The van der Waals surface area contributed by atoms with Crippen LogP contribution in [0.5, 0.6) is 0 Å². The van der Waals surface area contributed by atoms with Crippen LogP contribution < -0.4 is 5.73 Å². The van der Waals surface area contributed by atoms with Gasteiger partial charge in [-0.05, 0) is 36.8 Å². The molecule has 0 unspecified atom stereocenters. The van der Waals surface area contributed by atoms with Crippen LogP contribution in [0.25, 0.3) is 11.0 Å². The van der Waals surface area contributed by atoms with Gasteiger partial charge in [0.25, 0.3) is 0 Å². The first-order valence-corrected chi connectivity index (χ1v) is 6.39. The summed E-state index contributed by atoms with van der Waals surface area (Å²) >= 11 is 0. The molecule has 3 rings (SSSR count). The van der Waals surface area contributed by atoms with Crippen LogP contribution in [0.2, 0.25) is 0 Å². The van der Waals surface area contributed by atoms with E-state index >= 15 is 0 Å². The second-order valence-corrected chi connectivity index (χ2v) is 4.41. The minimum atomic E-state index is -0.937.